The molecule has 1 aromatic carbocycles. The van der Waals surface area contributed by atoms with Gasteiger partial charge in [0.15, 0.2) is 0 Å². The third-order valence-corrected chi connectivity index (χ3v) is 2.61. The van der Waals surface area contributed by atoms with Gasteiger partial charge < -0.3 is 4.74 Å². The standard InChI is InChI=1S/C15H16FNO2/c1-15(2,3)19-14(18)8-10-4-5-13(16)12-9-17-7-6-11(10)12/h4-7,9H,8H2,1-3H3. The molecule has 1 heterocycles. The Hall–Kier alpha value is -1.97. The molecule has 0 fully saturated rings. The number of hydrogen-bond donors (Lipinski definition) is 0. The van der Waals surface area contributed by atoms with E-state index in [0.29, 0.717) is 10.8 Å². The Labute approximate surface area is 111 Å². The van der Waals surface area contributed by atoms with Gasteiger partial charge >= 0.3 is 5.97 Å². The molecule has 0 N–H and O–H groups in total. The molecule has 0 spiro atoms. The van der Waals surface area contributed by atoms with Gasteiger partial charge in [-0.15, -0.1) is 0 Å². The first kappa shape index (κ1) is 13.5. The molecule has 0 saturated heterocycles. The summed E-state index contributed by atoms with van der Waals surface area (Å²) in [6, 6.07) is 4.67. The summed E-state index contributed by atoms with van der Waals surface area (Å²) in [4.78, 5) is 15.7. The summed E-state index contributed by atoms with van der Waals surface area (Å²) in [5.41, 5.74) is 0.224. The van der Waals surface area contributed by atoms with Crippen LogP contribution < -0.4 is 0 Å². The molecule has 0 aliphatic heterocycles. The van der Waals surface area contributed by atoms with Crippen LogP contribution in [0.15, 0.2) is 30.6 Å². The van der Waals surface area contributed by atoms with Crippen LogP contribution in [0.1, 0.15) is 26.3 Å². The maximum absolute atomic E-state index is 13.6. The van der Waals surface area contributed by atoms with E-state index in [0.717, 1.165) is 5.56 Å². The molecule has 1 aromatic heterocycles. The first-order valence-corrected chi connectivity index (χ1v) is 6.10. The number of esters is 1. The van der Waals surface area contributed by atoms with Gasteiger partial charge in [-0.05, 0) is 43.9 Å². The first-order chi connectivity index (χ1) is 8.87. The van der Waals surface area contributed by atoms with E-state index >= 15 is 0 Å². The van der Waals surface area contributed by atoms with Crippen molar-refractivity contribution in [1.82, 2.24) is 4.98 Å². The molecule has 0 radical (unpaired) electrons. The van der Waals surface area contributed by atoms with E-state index < -0.39 is 5.60 Å². The number of carbonyl (C=O) groups is 1. The van der Waals surface area contributed by atoms with Gasteiger partial charge in [0.2, 0.25) is 0 Å². The smallest absolute Gasteiger partial charge is 0.310 e. The largest absolute Gasteiger partial charge is 0.460 e. The Balaban J connectivity index is 2.31. The van der Waals surface area contributed by atoms with Crippen molar-refractivity contribution in [3.63, 3.8) is 0 Å². The van der Waals surface area contributed by atoms with Crippen molar-refractivity contribution >= 4 is 16.7 Å². The monoisotopic (exact) mass is 261 g/mol. The Kier molecular flexibility index (Phi) is 3.51. The predicted octanol–water partition coefficient (Wildman–Crippen LogP) is 3.26. The van der Waals surface area contributed by atoms with Crippen molar-refractivity contribution in [3.05, 3.63) is 42.0 Å². The van der Waals surface area contributed by atoms with Gasteiger partial charge in [-0.2, -0.15) is 0 Å². The van der Waals surface area contributed by atoms with Crippen LogP contribution in [0, 0.1) is 5.82 Å². The molecule has 19 heavy (non-hydrogen) atoms. The number of benzene rings is 1. The minimum atomic E-state index is -0.519. The van der Waals surface area contributed by atoms with Gasteiger partial charge in [0.05, 0.1) is 6.42 Å². The minimum Gasteiger partial charge on any atom is -0.460 e. The number of nitrogens with zero attached hydrogens (tertiary/aromatic N) is 1. The maximum Gasteiger partial charge on any atom is 0.310 e. The van der Waals surface area contributed by atoms with Crippen molar-refractivity contribution in [1.29, 1.82) is 0 Å². The molecule has 0 saturated carbocycles. The molecule has 4 heteroatoms. The molecule has 0 amide bonds. The molecule has 2 rings (SSSR count). The number of pyridine rings is 1. The quantitative estimate of drug-likeness (QED) is 0.779. The molecule has 0 aliphatic rings. The van der Waals surface area contributed by atoms with Crippen molar-refractivity contribution in [2.45, 2.75) is 32.8 Å². The Morgan fingerprint density at radius 1 is 1.26 bits per heavy atom. The molecule has 2 aromatic rings. The number of rotatable bonds is 2. The van der Waals surface area contributed by atoms with Crippen molar-refractivity contribution in [3.8, 4) is 0 Å². The van der Waals surface area contributed by atoms with Crippen LogP contribution in [-0.4, -0.2) is 16.6 Å². The number of ether oxygens (including phenoxy) is 1. The lowest BCUT2D eigenvalue weighted by molar-refractivity contribution is -0.153. The number of hydrogen-bond acceptors (Lipinski definition) is 3. The fourth-order valence-electron chi connectivity index (χ4n) is 1.91. The van der Waals surface area contributed by atoms with E-state index in [-0.39, 0.29) is 18.2 Å². The second kappa shape index (κ2) is 4.96. The molecule has 3 nitrogen and oxygen atoms in total. The van der Waals surface area contributed by atoms with Crippen LogP contribution in [-0.2, 0) is 16.0 Å². The fourth-order valence-corrected chi connectivity index (χ4v) is 1.91. The summed E-state index contributed by atoms with van der Waals surface area (Å²) < 4.78 is 18.9. The van der Waals surface area contributed by atoms with E-state index in [9.17, 15) is 9.18 Å². The summed E-state index contributed by atoms with van der Waals surface area (Å²) in [5, 5.41) is 1.12. The number of halogens is 1. The molecular formula is C15H16FNO2. The van der Waals surface area contributed by atoms with Crippen LogP contribution in [0.5, 0.6) is 0 Å². The average Bonchev–Trinajstić information content (AvgIpc) is 2.31. The highest BCUT2D eigenvalue weighted by Crippen LogP contribution is 2.22. The number of fused-ring (bicyclic) bond motifs is 1. The van der Waals surface area contributed by atoms with Crippen LogP contribution in [0.4, 0.5) is 4.39 Å². The van der Waals surface area contributed by atoms with Gasteiger partial charge in [-0.1, -0.05) is 6.07 Å². The van der Waals surface area contributed by atoms with Gasteiger partial charge in [0, 0.05) is 17.8 Å². The fraction of sp³-hybridized carbons (Fsp3) is 0.333. The molecule has 0 unspecified atom stereocenters. The van der Waals surface area contributed by atoms with E-state index in [1.165, 1.54) is 12.3 Å². The highest BCUT2D eigenvalue weighted by molar-refractivity contribution is 5.88. The van der Waals surface area contributed by atoms with Crippen LogP contribution >= 0.6 is 0 Å². The van der Waals surface area contributed by atoms with Gasteiger partial charge in [-0.25, -0.2) is 4.39 Å². The predicted molar refractivity (Wildman–Crippen MR) is 71.3 cm³/mol. The van der Waals surface area contributed by atoms with E-state index in [2.05, 4.69) is 4.98 Å². The third-order valence-electron chi connectivity index (χ3n) is 2.61. The summed E-state index contributed by atoms with van der Waals surface area (Å²) in [6.45, 7) is 5.45. The lowest BCUT2D eigenvalue weighted by Gasteiger charge is -2.19. The first-order valence-electron chi connectivity index (χ1n) is 6.10. The second-order valence-corrected chi connectivity index (χ2v) is 5.39. The maximum atomic E-state index is 13.6. The van der Waals surface area contributed by atoms with E-state index in [4.69, 9.17) is 4.74 Å². The van der Waals surface area contributed by atoms with Gasteiger partial charge in [0.1, 0.15) is 11.4 Å². The lowest BCUT2D eigenvalue weighted by Crippen LogP contribution is -2.25. The van der Waals surface area contributed by atoms with Crippen LogP contribution in [0.2, 0.25) is 0 Å². The Morgan fingerprint density at radius 3 is 2.68 bits per heavy atom. The minimum absolute atomic E-state index is 0.123. The molecule has 100 valence electrons. The van der Waals surface area contributed by atoms with E-state index in [1.54, 1.807) is 18.3 Å². The zero-order valence-electron chi connectivity index (χ0n) is 11.2. The highest BCUT2D eigenvalue weighted by Gasteiger charge is 2.17. The van der Waals surface area contributed by atoms with Gasteiger partial charge in [-0.3, -0.25) is 9.78 Å². The molecular weight excluding hydrogens is 245 g/mol. The SMILES string of the molecule is CC(C)(C)OC(=O)Cc1ccc(F)c2cnccc12. The Bertz CT molecular complexity index is 617. The van der Waals surface area contributed by atoms with Gasteiger partial charge in [0.25, 0.3) is 0 Å². The topological polar surface area (TPSA) is 39.2 Å². The summed E-state index contributed by atoms with van der Waals surface area (Å²) in [6.07, 6.45) is 3.17. The average molecular weight is 261 g/mol. The Morgan fingerprint density at radius 2 is 2.00 bits per heavy atom. The molecule has 0 bridgehead atoms. The summed E-state index contributed by atoms with van der Waals surface area (Å²) >= 11 is 0. The third kappa shape index (κ3) is 3.28. The molecule has 0 aliphatic carbocycles. The highest BCUT2D eigenvalue weighted by atomic mass is 19.1. The summed E-state index contributed by atoms with van der Waals surface area (Å²) in [5.74, 6) is -0.659. The van der Waals surface area contributed by atoms with Crippen LogP contribution in [0.25, 0.3) is 10.8 Å². The van der Waals surface area contributed by atoms with E-state index in [1.807, 2.05) is 20.8 Å². The number of carbonyl (C=O) groups excluding carboxylic acids is 1. The summed E-state index contributed by atoms with van der Waals surface area (Å²) in [7, 11) is 0. The van der Waals surface area contributed by atoms with Crippen molar-refractivity contribution in [2.75, 3.05) is 0 Å². The lowest BCUT2D eigenvalue weighted by atomic mass is 10.0. The molecule has 0 atom stereocenters. The zero-order chi connectivity index (χ0) is 14.0. The number of aromatic nitrogens is 1. The normalized spacial score (nSPS) is 11.6. The van der Waals surface area contributed by atoms with Crippen molar-refractivity contribution < 1.29 is 13.9 Å². The van der Waals surface area contributed by atoms with Crippen LogP contribution in [0.3, 0.4) is 0 Å². The second-order valence-electron chi connectivity index (χ2n) is 5.39. The van der Waals surface area contributed by atoms with Crippen molar-refractivity contribution in [2.24, 2.45) is 0 Å². The zero-order valence-corrected chi connectivity index (χ0v) is 11.2.